The number of carboxylic acids is 1. The van der Waals surface area contributed by atoms with Crippen molar-refractivity contribution in [1.82, 2.24) is 5.32 Å². The molecule has 6 nitrogen and oxygen atoms in total. The fraction of sp³-hybridized carbons (Fsp3) is 0.385. The molecule has 0 radical (unpaired) electrons. The van der Waals surface area contributed by atoms with Gasteiger partial charge in [0.2, 0.25) is 0 Å². The lowest BCUT2D eigenvalue weighted by Crippen LogP contribution is -2.33. The number of aliphatic carboxylic acids is 1. The summed E-state index contributed by atoms with van der Waals surface area (Å²) < 4.78 is 5.27. The van der Waals surface area contributed by atoms with E-state index in [2.05, 4.69) is 5.32 Å². The molecule has 2 rings (SSSR count). The lowest BCUT2D eigenvalue weighted by Gasteiger charge is -2.12. The maximum absolute atomic E-state index is 11.9. The number of rotatable bonds is 4. The number of carbonyl (C=O) groups excluding carboxylic acids is 1. The number of carboxylic acid groups (broad SMARTS) is 1. The number of nitrogens with one attached hydrogen (secondary N) is 1. The van der Waals surface area contributed by atoms with Crippen LogP contribution < -0.4 is 5.32 Å². The summed E-state index contributed by atoms with van der Waals surface area (Å²) in [4.78, 5) is 22.6. The second-order valence-electron chi connectivity index (χ2n) is 4.54. The minimum absolute atomic E-state index is 0.0911. The van der Waals surface area contributed by atoms with Gasteiger partial charge >= 0.3 is 5.97 Å². The largest absolute Gasteiger partial charge is 0.506 e. The molecule has 0 aromatic heterocycles. The molecule has 1 amide bonds. The van der Waals surface area contributed by atoms with E-state index in [1.807, 2.05) is 0 Å². The summed E-state index contributed by atoms with van der Waals surface area (Å²) in [6.07, 6.45) is -0.0539. The van der Waals surface area contributed by atoms with Gasteiger partial charge in [0, 0.05) is 12.1 Å². The zero-order chi connectivity index (χ0) is 14.7. The van der Waals surface area contributed by atoms with Crippen molar-refractivity contribution >= 4 is 23.5 Å². The number of hydrogen-bond donors (Lipinski definition) is 3. The Morgan fingerprint density at radius 1 is 1.40 bits per heavy atom. The van der Waals surface area contributed by atoms with Crippen LogP contribution in [0.15, 0.2) is 18.2 Å². The minimum Gasteiger partial charge on any atom is -0.506 e. The number of phenolic OH excluding ortho intramolecular Hbond substituents is 1. The van der Waals surface area contributed by atoms with Crippen LogP contribution in [-0.4, -0.2) is 40.8 Å². The maximum atomic E-state index is 11.9. The Bertz CT molecular complexity index is 533. The van der Waals surface area contributed by atoms with Crippen molar-refractivity contribution in [2.45, 2.75) is 25.0 Å². The van der Waals surface area contributed by atoms with Crippen LogP contribution >= 0.6 is 11.6 Å². The van der Waals surface area contributed by atoms with E-state index in [1.54, 1.807) is 0 Å². The molecule has 0 saturated carbocycles. The molecule has 1 aromatic rings. The molecule has 108 valence electrons. The van der Waals surface area contributed by atoms with Gasteiger partial charge in [-0.05, 0) is 31.0 Å². The molecule has 2 atom stereocenters. The molecule has 0 bridgehead atoms. The smallest absolute Gasteiger partial charge is 0.332 e. The molecule has 1 heterocycles. The number of aromatic hydroxyl groups is 1. The van der Waals surface area contributed by atoms with Crippen molar-refractivity contribution in [3.8, 4) is 5.75 Å². The summed E-state index contributed by atoms with van der Waals surface area (Å²) in [5.74, 6) is -1.43. The molecule has 1 saturated heterocycles. The van der Waals surface area contributed by atoms with Crippen LogP contribution in [0.2, 0.25) is 5.02 Å². The average Bonchev–Trinajstić information content (AvgIpc) is 2.88. The Labute approximate surface area is 120 Å². The fourth-order valence-corrected chi connectivity index (χ4v) is 2.17. The molecule has 20 heavy (non-hydrogen) atoms. The number of phenols is 1. The first-order chi connectivity index (χ1) is 9.47. The van der Waals surface area contributed by atoms with E-state index < -0.39 is 12.1 Å². The summed E-state index contributed by atoms with van der Waals surface area (Å²) in [7, 11) is 0. The molecule has 1 aromatic carbocycles. The zero-order valence-corrected chi connectivity index (χ0v) is 11.3. The van der Waals surface area contributed by atoms with E-state index in [0.717, 1.165) is 0 Å². The number of ether oxygens (including phenoxy) is 1. The third kappa shape index (κ3) is 3.40. The van der Waals surface area contributed by atoms with E-state index in [9.17, 15) is 14.7 Å². The highest BCUT2D eigenvalue weighted by Gasteiger charge is 2.30. The molecular formula is C13H14ClNO5. The van der Waals surface area contributed by atoms with Gasteiger partial charge in [0.25, 0.3) is 5.91 Å². The first-order valence-electron chi connectivity index (χ1n) is 6.12. The molecule has 2 unspecified atom stereocenters. The van der Waals surface area contributed by atoms with Crippen LogP contribution in [0, 0.1) is 0 Å². The van der Waals surface area contributed by atoms with E-state index in [1.165, 1.54) is 18.2 Å². The molecule has 3 N–H and O–H groups in total. The van der Waals surface area contributed by atoms with E-state index in [0.29, 0.717) is 18.4 Å². The SMILES string of the molecule is O=C(NCC1CCC(C(=O)O)O1)c1ccc(O)c(Cl)c1. The maximum Gasteiger partial charge on any atom is 0.332 e. The summed E-state index contributed by atoms with van der Waals surface area (Å²) >= 11 is 5.72. The van der Waals surface area contributed by atoms with Crippen molar-refractivity contribution in [2.75, 3.05) is 6.54 Å². The van der Waals surface area contributed by atoms with Crippen LogP contribution in [0.1, 0.15) is 23.2 Å². The second kappa shape index (κ2) is 6.11. The van der Waals surface area contributed by atoms with Gasteiger partial charge in [-0.2, -0.15) is 0 Å². The Kier molecular flexibility index (Phi) is 4.46. The number of hydrogen-bond acceptors (Lipinski definition) is 4. The Hall–Kier alpha value is -1.79. The topological polar surface area (TPSA) is 95.9 Å². The van der Waals surface area contributed by atoms with Crippen LogP contribution in [0.3, 0.4) is 0 Å². The van der Waals surface area contributed by atoms with Gasteiger partial charge in [0.1, 0.15) is 5.75 Å². The van der Waals surface area contributed by atoms with E-state index >= 15 is 0 Å². The second-order valence-corrected chi connectivity index (χ2v) is 4.95. The van der Waals surface area contributed by atoms with E-state index in [4.69, 9.17) is 21.4 Å². The van der Waals surface area contributed by atoms with Crippen molar-refractivity contribution in [3.05, 3.63) is 28.8 Å². The normalized spacial score (nSPS) is 21.6. The predicted octanol–water partition coefficient (Wildman–Crippen LogP) is 1.41. The van der Waals surface area contributed by atoms with Crippen molar-refractivity contribution in [2.24, 2.45) is 0 Å². The third-order valence-electron chi connectivity index (χ3n) is 3.08. The fourth-order valence-electron chi connectivity index (χ4n) is 1.99. The lowest BCUT2D eigenvalue weighted by molar-refractivity contribution is -0.149. The Morgan fingerprint density at radius 2 is 2.15 bits per heavy atom. The summed E-state index contributed by atoms with van der Waals surface area (Å²) in [5, 5.41) is 20.8. The third-order valence-corrected chi connectivity index (χ3v) is 3.39. The molecular weight excluding hydrogens is 286 g/mol. The Balaban J connectivity index is 1.86. The van der Waals surface area contributed by atoms with Crippen LogP contribution in [-0.2, 0) is 9.53 Å². The van der Waals surface area contributed by atoms with Gasteiger partial charge in [-0.25, -0.2) is 4.79 Å². The standard InChI is InChI=1S/C13H14ClNO5/c14-9-5-7(1-3-10(9)16)12(17)15-6-8-2-4-11(20-8)13(18)19/h1,3,5,8,11,16H,2,4,6H2,(H,15,17)(H,18,19). The molecule has 1 aliphatic rings. The number of benzene rings is 1. The van der Waals surface area contributed by atoms with Crippen molar-refractivity contribution in [1.29, 1.82) is 0 Å². The van der Waals surface area contributed by atoms with Crippen LogP contribution in [0.4, 0.5) is 0 Å². The summed E-state index contributed by atoms with van der Waals surface area (Å²) in [5.41, 5.74) is 0.320. The van der Waals surface area contributed by atoms with Gasteiger partial charge < -0.3 is 20.3 Å². The first kappa shape index (κ1) is 14.6. The minimum atomic E-state index is -0.982. The van der Waals surface area contributed by atoms with Crippen LogP contribution in [0.25, 0.3) is 0 Å². The molecule has 0 aliphatic carbocycles. The van der Waals surface area contributed by atoms with Crippen molar-refractivity contribution in [3.63, 3.8) is 0 Å². The number of amides is 1. The van der Waals surface area contributed by atoms with Crippen molar-refractivity contribution < 1.29 is 24.5 Å². The molecule has 0 spiro atoms. The monoisotopic (exact) mass is 299 g/mol. The molecule has 7 heteroatoms. The highest BCUT2D eigenvalue weighted by atomic mass is 35.5. The summed E-state index contributed by atoms with van der Waals surface area (Å²) in [6, 6.07) is 4.15. The highest BCUT2D eigenvalue weighted by Crippen LogP contribution is 2.23. The van der Waals surface area contributed by atoms with Gasteiger partial charge in [-0.1, -0.05) is 11.6 Å². The zero-order valence-electron chi connectivity index (χ0n) is 10.5. The first-order valence-corrected chi connectivity index (χ1v) is 6.50. The molecule has 1 fully saturated rings. The van der Waals surface area contributed by atoms with Gasteiger partial charge in [0.05, 0.1) is 11.1 Å². The van der Waals surface area contributed by atoms with E-state index in [-0.39, 0.29) is 29.3 Å². The quantitative estimate of drug-likeness (QED) is 0.781. The number of halogens is 1. The lowest BCUT2D eigenvalue weighted by atomic mass is 10.1. The number of carbonyl (C=O) groups is 2. The summed E-state index contributed by atoms with van der Waals surface area (Å²) in [6.45, 7) is 0.237. The predicted molar refractivity (Wildman–Crippen MR) is 71.0 cm³/mol. The highest BCUT2D eigenvalue weighted by molar-refractivity contribution is 6.32. The molecule has 1 aliphatic heterocycles. The van der Waals surface area contributed by atoms with Crippen LogP contribution in [0.5, 0.6) is 5.75 Å². The van der Waals surface area contributed by atoms with Gasteiger partial charge in [-0.3, -0.25) is 4.79 Å². The average molecular weight is 300 g/mol. The van der Waals surface area contributed by atoms with Gasteiger partial charge in [0.15, 0.2) is 6.10 Å². The van der Waals surface area contributed by atoms with Gasteiger partial charge in [-0.15, -0.1) is 0 Å². The Morgan fingerprint density at radius 3 is 2.75 bits per heavy atom.